The summed E-state index contributed by atoms with van der Waals surface area (Å²) in [5.41, 5.74) is 2.03. The van der Waals surface area contributed by atoms with Gasteiger partial charge in [0.15, 0.2) is 0 Å². The molecule has 1 aromatic carbocycles. The van der Waals surface area contributed by atoms with Crippen molar-refractivity contribution >= 4 is 11.6 Å². The third-order valence-corrected chi connectivity index (χ3v) is 4.30. The number of hydrogen-bond acceptors (Lipinski definition) is 1. The summed E-state index contributed by atoms with van der Waals surface area (Å²) >= 11 is 6.40. The predicted molar refractivity (Wildman–Crippen MR) is 79.3 cm³/mol. The van der Waals surface area contributed by atoms with Crippen LogP contribution in [0.5, 0.6) is 0 Å². The first-order valence-corrected chi connectivity index (χ1v) is 7.33. The third kappa shape index (κ3) is 2.73. The van der Waals surface area contributed by atoms with Gasteiger partial charge in [0.2, 0.25) is 0 Å². The molecule has 0 spiro atoms. The molecule has 18 heavy (non-hydrogen) atoms. The molecule has 0 amide bonds. The van der Waals surface area contributed by atoms with Crippen LogP contribution in [-0.2, 0) is 5.41 Å². The average molecular weight is 266 g/mol. The van der Waals surface area contributed by atoms with E-state index in [9.17, 15) is 0 Å². The van der Waals surface area contributed by atoms with Gasteiger partial charge in [0.25, 0.3) is 0 Å². The molecule has 1 aliphatic rings. The van der Waals surface area contributed by atoms with Crippen molar-refractivity contribution in [2.45, 2.75) is 45.4 Å². The highest BCUT2D eigenvalue weighted by atomic mass is 35.5. The zero-order chi connectivity index (χ0) is 13.2. The van der Waals surface area contributed by atoms with Gasteiger partial charge in [-0.2, -0.15) is 0 Å². The zero-order valence-electron chi connectivity index (χ0n) is 11.7. The summed E-state index contributed by atoms with van der Waals surface area (Å²) in [4.78, 5) is 0. The lowest BCUT2D eigenvalue weighted by Gasteiger charge is -2.54. The molecule has 0 saturated heterocycles. The van der Waals surface area contributed by atoms with Gasteiger partial charge in [0.1, 0.15) is 0 Å². The van der Waals surface area contributed by atoms with Crippen LogP contribution in [0.1, 0.15) is 45.6 Å². The molecule has 0 aliphatic heterocycles. The summed E-state index contributed by atoms with van der Waals surface area (Å²) < 4.78 is 0. The average Bonchev–Trinajstić information content (AvgIpc) is 2.27. The fraction of sp³-hybridized carbons (Fsp3) is 0.625. The largest absolute Gasteiger partial charge is 0.316 e. The SMILES string of the molecule is CCCNCC1(c2ccccc2Cl)CC(C)(C)C1. The van der Waals surface area contributed by atoms with Crippen molar-refractivity contribution in [3.8, 4) is 0 Å². The van der Waals surface area contributed by atoms with Gasteiger partial charge >= 0.3 is 0 Å². The Morgan fingerprint density at radius 3 is 2.44 bits per heavy atom. The summed E-state index contributed by atoms with van der Waals surface area (Å²) in [7, 11) is 0. The Bertz CT molecular complexity index is 403. The minimum atomic E-state index is 0.247. The van der Waals surface area contributed by atoms with Gasteiger partial charge in [-0.15, -0.1) is 0 Å². The molecule has 1 aromatic rings. The third-order valence-electron chi connectivity index (χ3n) is 3.97. The highest BCUT2D eigenvalue weighted by Gasteiger charge is 2.50. The van der Waals surface area contributed by atoms with Crippen molar-refractivity contribution < 1.29 is 0 Å². The van der Waals surface area contributed by atoms with E-state index in [1.54, 1.807) is 0 Å². The Morgan fingerprint density at radius 1 is 1.22 bits per heavy atom. The van der Waals surface area contributed by atoms with Gasteiger partial charge < -0.3 is 5.32 Å². The fourth-order valence-corrected chi connectivity index (χ4v) is 3.92. The molecule has 100 valence electrons. The van der Waals surface area contributed by atoms with Crippen molar-refractivity contribution in [1.29, 1.82) is 0 Å². The van der Waals surface area contributed by atoms with Gasteiger partial charge in [-0.25, -0.2) is 0 Å². The summed E-state index contributed by atoms with van der Waals surface area (Å²) in [5.74, 6) is 0. The summed E-state index contributed by atoms with van der Waals surface area (Å²) in [6, 6.07) is 8.34. The molecule has 0 heterocycles. The Labute approximate surface area is 116 Å². The van der Waals surface area contributed by atoms with Gasteiger partial charge in [-0.3, -0.25) is 0 Å². The first-order valence-electron chi connectivity index (χ1n) is 6.95. The van der Waals surface area contributed by atoms with E-state index in [1.807, 2.05) is 12.1 Å². The lowest BCUT2D eigenvalue weighted by molar-refractivity contribution is 0.0565. The zero-order valence-corrected chi connectivity index (χ0v) is 12.5. The number of rotatable bonds is 5. The highest BCUT2D eigenvalue weighted by Crippen LogP contribution is 2.56. The minimum Gasteiger partial charge on any atom is -0.316 e. The van der Waals surface area contributed by atoms with Crippen molar-refractivity contribution in [2.24, 2.45) is 5.41 Å². The molecule has 1 nitrogen and oxygen atoms in total. The Morgan fingerprint density at radius 2 is 1.89 bits per heavy atom. The quantitative estimate of drug-likeness (QED) is 0.779. The Balaban J connectivity index is 2.19. The molecule has 1 aliphatic carbocycles. The number of halogens is 1. The second-order valence-electron chi connectivity index (χ2n) is 6.45. The molecule has 0 aromatic heterocycles. The molecule has 2 rings (SSSR count). The van der Waals surface area contributed by atoms with Crippen LogP contribution < -0.4 is 5.32 Å². The molecule has 1 fully saturated rings. The van der Waals surface area contributed by atoms with E-state index in [0.29, 0.717) is 5.41 Å². The van der Waals surface area contributed by atoms with Crippen LogP contribution in [0.25, 0.3) is 0 Å². The lowest BCUT2D eigenvalue weighted by atomic mass is 9.52. The van der Waals surface area contributed by atoms with Crippen LogP contribution in [0.4, 0.5) is 0 Å². The minimum absolute atomic E-state index is 0.247. The van der Waals surface area contributed by atoms with Crippen molar-refractivity contribution in [3.05, 3.63) is 34.9 Å². The maximum Gasteiger partial charge on any atom is 0.0444 e. The van der Waals surface area contributed by atoms with Gasteiger partial charge in [-0.05, 0) is 42.9 Å². The Kier molecular flexibility index (Phi) is 4.03. The molecular formula is C16H24ClN. The summed E-state index contributed by atoms with van der Waals surface area (Å²) in [5, 5.41) is 4.51. The topological polar surface area (TPSA) is 12.0 Å². The molecule has 1 saturated carbocycles. The van der Waals surface area contributed by atoms with E-state index in [2.05, 4.69) is 38.2 Å². The first-order chi connectivity index (χ1) is 8.49. The van der Waals surface area contributed by atoms with Gasteiger partial charge in [0.05, 0.1) is 0 Å². The van der Waals surface area contributed by atoms with Crippen molar-refractivity contribution in [1.82, 2.24) is 5.32 Å². The van der Waals surface area contributed by atoms with E-state index in [0.717, 1.165) is 18.1 Å². The van der Waals surface area contributed by atoms with Crippen molar-refractivity contribution in [3.63, 3.8) is 0 Å². The first kappa shape index (κ1) is 13.9. The van der Waals surface area contributed by atoms with E-state index in [1.165, 1.54) is 24.8 Å². The summed E-state index contributed by atoms with van der Waals surface area (Å²) in [6.07, 6.45) is 3.63. The Hall–Kier alpha value is -0.530. The molecule has 2 heteroatoms. The normalized spacial score (nSPS) is 20.4. The molecule has 0 radical (unpaired) electrons. The standard InChI is InChI=1S/C16H24ClN/c1-4-9-18-12-16(10-15(2,3)11-16)13-7-5-6-8-14(13)17/h5-8,18H,4,9-12H2,1-3H3. The summed E-state index contributed by atoms with van der Waals surface area (Å²) in [6.45, 7) is 9.05. The van der Waals surface area contributed by atoms with Crippen LogP contribution in [0.3, 0.4) is 0 Å². The second kappa shape index (κ2) is 5.22. The number of benzene rings is 1. The van der Waals surface area contributed by atoms with Crippen LogP contribution in [0.15, 0.2) is 24.3 Å². The van der Waals surface area contributed by atoms with E-state index >= 15 is 0 Å². The van der Waals surface area contributed by atoms with Gasteiger partial charge in [0, 0.05) is 17.0 Å². The maximum absolute atomic E-state index is 6.40. The fourth-order valence-electron chi connectivity index (χ4n) is 3.59. The van der Waals surface area contributed by atoms with Crippen LogP contribution in [0.2, 0.25) is 5.02 Å². The van der Waals surface area contributed by atoms with Crippen LogP contribution in [-0.4, -0.2) is 13.1 Å². The molecule has 0 unspecified atom stereocenters. The number of hydrogen-bond donors (Lipinski definition) is 1. The van der Waals surface area contributed by atoms with Crippen LogP contribution >= 0.6 is 11.6 Å². The molecule has 1 N–H and O–H groups in total. The van der Waals surface area contributed by atoms with E-state index < -0.39 is 0 Å². The molecular weight excluding hydrogens is 242 g/mol. The van der Waals surface area contributed by atoms with Gasteiger partial charge in [-0.1, -0.05) is 50.6 Å². The number of nitrogens with one attached hydrogen (secondary N) is 1. The lowest BCUT2D eigenvalue weighted by Crippen LogP contribution is -2.52. The maximum atomic E-state index is 6.40. The monoisotopic (exact) mass is 265 g/mol. The highest BCUT2D eigenvalue weighted by molar-refractivity contribution is 6.31. The molecule has 0 bridgehead atoms. The van der Waals surface area contributed by atoms with Crippen LogP contribution in [0, 0.1) is 5.41 Å². The molecule has 0 atom stereocenters. The second-order valence-corrected chi connectivity index (χ2v) is 6.86. The van der Waals surface area contributed by atoms with Crippen molar-refractivity contribution in [2.75, 3.05) is 13.1 Å². The van der Waals surface area contributed by atoms with E-state index in [-0.39, 0.29) is 5.41 Å². The predicted octanol–water partition coefficient (Wildman–Crippen LogP) is 4.40. The smallest absolute Gasteiger partial charge is 0.0444 e. The van der Waals surface area contributed by atoms with E-state index in [4.69, 9.17) is 11.6 Å².